The van der Waals surface area contributed by atoms with Crippen molar-refractivity contribution in [2.24, 2.45) is 0 Å². The quantitative estimate of drug-likeness (QED) is 0.594. The number of rotatable bonds is 5. The van der Waals surface area contributed by atoms with Gasteiger partial charge in [-0.25, -0.2) is 0 Å². The summed E-state index contributed by atoms with van der Waals surface area (Å²) in [5.41, 5.74) is -0.339. The number of hydrogen-bond donors (Lipinski definition) is 0. The van der Waals surface area contributed by atoms with Crippen LogP contribution in [0.15, 0.2) is 0 Å². The molecule has 0 rings (SSSR count). The van der Waals surface area contributed by atoms with E-state index in [2.05, 4.69) is 6.92 Å². The third-order valence-electron chi connectivity index (χ3n) is 1.62. The number of carbonyl (C=O) groups excluding carboxylic acids is 1. The van der Waals surface area contributed by atoms with Crippen LogP contribution in [0.25, 0.3) is 0 Å². The maximum atomic E-state index is 11.1. The molecule has 2 heteroatoms. The second kappa shape index (κ2) is 5.18. The Kier molecular flexibility index (Phi) is 4.95. The minimum Gasteiger partial charge on any atom is -0.460 e. The minimum atomic E-state index is -0.339. The highest BCUT2D eigenvalue weighted by Crippen LogP contribution is 2.17. The maximum absolute atomic E-state index is 11.1. The third-order valence-corrected chi connectivity index (χ3v) is 1.62. The zero-order valence-corrected chi connectivity index (χ0v) is 8.35. The maximum Gasteiger partial charge on any atom is 0.306 e. The summed E-state index contributed by atoms with van der Waals surface area (Å²) in [7, 11) is 0. The summed E-state index contributed by atoms with van der Waals surface area (Å²) in [6, 6.07) is 0. The van der Waals surface area contributed by atoms with Crippen LogP contribution in [0.5, 0.6) is 0 Å². The first kappa shape index (κ1) is 11.5. The average Bonchev–Trinajstić information content (AvgIpc) is 1.85. The van der Waals surface area contributed by atoms with Crippen LogP contribution in [-0.2, 0) is 9.53 Å². The van der Waals surface area contributed by atoms with Crippen molar-refractivity contribution in [3.8, 4) is 0 Å². The molecule has 0 aliphatic carbocycles. The van der Waals surface area contributed by atoms with E-state index in [1.165, 1.54) is 0 Å². The molecular weight excluding hydrogens is 152 g/mol. The van der Waals surface area contributed by atoms with Gasteiger partial charge in [0.2, 0.25) is 0 Å². The SMILES string of the molecule is [CH2]CCC(C)(C)OC(=O)CCC. The van der Waals surface area contributed by atoms with Crippen molar-refractivity contribution in [3.05, 3.63) is 6.92 Å². The first-order chi connectivity index (χ1) is 5.52. The number of carbonyl (C=O) groups is 1. The monoisotopic (exact) mass is 171 g/mol. The highest BCUT2D eigenvalue weighted by atomic mass is 16.6. The molecule has 0 amide bonds. The number of ether oxygens (including phenoxy) is 1. The molecule has 2 nitrogen and oxygen atoms in total. The molecule has 0 unspecified atom stereocenters. The zero-order valence-electron chi connectivity index (χ0n) is 8.35. The molecule has 0 saturated heterocycles. The van der Waals surface area contributed by atoms with E-state index in [9.17, 15) is 4.79 Å². The molecule has 0 fully saturated rings. The minimum absolute atomic E-state index is 0.101. The lowest BCUT2D eigenvalue weighted by molar-refractivity contribution is -0.156. The molecule has 0 N–H and O–H groups in total. The molecule has 0 heterocycles. The Morgan fingerprint density at radius 1 is 1.50 bits per heavy atom. The summed E-state index contributed by atoms with van der Waals surface area (Å²) in [5, 5.41) is 0. The second-order valence-corrected chi connectivity index (χ2v) is 3.59. The highest BCUT2D eigenvalue weighted by molar-refractivity contribution is 5.69. The van der Waals surface area contributed by atoms with Crippen molar-refractivity contribution in [3.63, 3.8) is 0 Å². The summed E-state index contributed by atoms with van der Waals surface area (Å²) < 4.78 is 5.24. The van der Waals surface area contributed by atoms with Crippen molar-refractivity contribution in [2.45, 2.75) is 52.1 Å². The van der Waals surface area contributed by atoms with E-state index in [0.29, 0.717) is 6.42 Å². The topological polar surface area (TPSA) is 26.3 Å². The Balaban J connectivity index is 3.79. The lowest BCUT2D eigenvalue weighted by Gasteiger charge is -2.24. The molecule has 0 saturated carbocycles. The van der Waals surface area contributed by atoms with Gasteiger partial charge in [0.25, 0.3) is 0 Å². The van der Waals surface area contributed by atoms with Gasteiger partial charge in [0.1, 0.15) is 5.60 Å². The second-order valence-electron chi connectivity index (χ2n) is 3.59. The van der Waals surface area contributed by atoms with Gasteiger partial charge in [-0.3, -0.25) is 4.79 Å². The van der Waals surface area contributed by atoms with Crippen LogP contribution < -0.4 is 0 Å². The van der Waals surface area contributed by atoms with Gasteiger partial charge < -0.3 is 4.74 Å². The van der Waals surface area contributed by atoms with Gasteiger partial charge >= 0.3 is 5.97 Å². The summed E-state index contributed by atoms with van der Waals surface area (Å²) in [5.74, 6) is -0.101. The van der Waals surface area contributed by atoms with E-state index in [1.807, 2.05) is 20.8 Å². The van der Waals surface area contributed by atoms with Crippen LogP contribution in [-0.4, -0.2) is 11.6 Å². The van der Waals surface area contributed by atoms with Crippen molar-refractivity contribution >= 4 is 5.97 Å². The molecule has 0 aliphatic heterocycles. The molecule has 0 spiro atoms. The van der Waals surface area contributed by atoms with E-state index in [1.54, 1.807) is 0 Å². The summed E-state index contributed by atoms with van der Waals surface area (Å²) in [6.45, 7) is 9.55. The van der Waals surface area contributed by atoms with Crippen molar-refractivity contribution in [1.82, 2.24) is 0 Å². The van der Waals surface area contributed by atoms with Crippen molar-refractivity contribution < 1.29 is 9.53 Å². The lowest BCUT2D eigenvalue weighted by Crippen LogP contribution is -2.27. The molecule has 71 valence electrons. The predicted molar refractivity (Wildman–Crippen MR) is 49.7 cm³/mol. The molecule has 0 aliphatic rings. The van der Waals surface area contributed by atoms with Gasteiger partial charge in [0.05, 0.1) is 0 Å². The summed E-state index contributed by atoms with van der Waals surface area (Å²) >= 11 is 0. The van der Waals surface area contributed by atoms with E-state index < -0.39 is 0 Å². The first-order valence-electron chi connectivity index (χ1n) is 4.53. The molecule has 12 heavy (non-hydrogen) atoms. The Labute approximate surface area is 75.3 Å². The van der Waals surface area contributed by atoms with Crippen molar-refractivity contribution in [1.29, 1.82) is 0 Å². The standard InChI is InChI=1S/C10H19O2/c1-5-7-9(11)12-10(3,4)8-6-2/h2,5-8H2,1,3-4H3. The third kappa shape index (κ3) is 5.16. The molecule has 0 aromatic rings. The smallest absolute Gasteiger partial charge is 0.306 e. The van der Waals surface area contributed by atoms with Crippen LogP contribution >= 0.6 is 0 Å². The van der Waals surface area contributed by atoms with E-state index in [0.717, 1.165) is 19.3 Å². The number of hydrogen-bond acceptors (Lipinski definition) is 2. The average molecular weight is 171 g/mol. The van der Waals surface area contributed by atoms with E-state index >= 15 is 0 Å². The highest BCUT2D eigenvalue weighted by Gasteiger charge is 2.20. The molecule has 0 aromatic heterocycles. The van der Waals surface area contributed by atoms with Gasteiger partial charge in [0.15, 0.2) is 0 Å². The molecule has 0 atom stereocenters. The van der Waals surface area contributed by atoms with Crippen LogP contribution in [0, 0.1) is 6.92 Å². The Hall–Kier alpha value is -0.530. The van der Waals surface area contributed by atoms with Gasteiger partial charge in [-0.1, -0.05) is 13.8 Å². The Morgan fingerprint density at radius 3 is 2.50 bits per heavy atom. The lowest BCUT2D eigenvalue weighted by atomic mass is 10.0. The van der Waals surface area contributed by atoms with Crippen LogP contribution in [0.4, 0.5) is 0 Å². The van der Waals surface area contributed by atoms with Crippen molar-refractivity contribution in [2.75, 3.05) is 0 Å². The Morgan fingerprint density at radius 2 is 2.08 bits per heavy atom. The molecular formula is C10H19O2. The fourth-order valence-corrected chi connectivity index (χ4v) is 1.04. The summed E-state index contributed by atoms with van der Waals surface area (Å²) in [6.07, 6.45) is 2.98. The Bertz CT molecular complexity index is 139. The van der Waals surface area contributed by atoms with E-state index in [-0.39, 0.29) is 11.6 Å². The normalized spacial score (nSPS) is 11.3. The molecule has 0 bridgehead atoms. The van der Waals surface area contributed by atoms with Gasteiger partial charge in [-0.15, -0.1) is 0 Å². The largest absolute Gasteiger partial charge is 0.460 e. The zero-order chi connectivity index (χ0) is 9.61. The van der Waals surface area contributed by atoms with Crippen LogP contribution in [0.1, 0.15) is 46.5 Å². The molecule has 1 radical (unpaired) electrons. The van der Waals surface area contributed by atoms with Gasteiger partial charge in [-0.05, 0) is 33.1 Å². The van der Waals surface area contributed by atoms with E-state index in [4.69, 9.17) is 4.74 Å². The number of esters is 1. The predicted octanol–water partition coefficient (Wildman–Crippen LogP) is 2.72. The van der Waals surface area contributed by atoms with Gasteiger partial charge in [-0.2, -0.15) is 0 Å². The fourth-order valence-electron chi connectivity index (χ4n) is 1.04. The van der Waals surface area contributed by atoms with Crippen LogP contribution in [0.2, 0.25) is 0 Å². The van der Waals surface area contributed by atoms with Gasteiger partial charge in [0, 0.05) is 6.42 Å². The summed E-state index contributed by atoms with van der Waals surface area (Å²) in [4.78, 5) is 11.1. The fraction of sp³-hybridized carbons (Fsp3) is 0.800. The molecule has 0 aromatic carbocycles. The van der Waals surface area contributed by atoms with Crippen LogP contribution in [0.3, 0.4) is 0 Å². The first-order valence-corrected chi connectivity index (χ1v) is 4.53.